The van der Waals surface area contributed by atoms with Crippen LogP contribution in [-0.4, -0.2) is 30.3 Å². The van der Waals surface area contributed by atoms with Gasteiger partial charge in [0, 0.05) is 11.6 Å². The molecule has 9 heteroatoms. The topological polar surface area (TPSA) is 89.0 Å². The van der Waals surface area contributed by atoms with Crippen LogP contribution in [0, 0.1) is 10.7 Å². The van der Waals surface area contributed by atoms with Gasteiger partial charge in [0.05, 0.1) is 17.7 Å². The standard InChI is InChI=1S/C23H30N4O3S2/c1-16(2)9-7-10-17(3)27-22(24-25-23(27)31)18-11-8-12-19(15-18)32(28,29)26-20-13-5-6-14-21(20)30-4/h5-6,8,11-17,26H,7,9-10H2,1-4H3,(H,25,31)/t17-/m1/s1. The van der Waals surface area contributed by atoms with Crippen molar-refractivity contribution < 1.29 is 13.2 Å². The molecular weight excluding hydrogens is 444 g/mol. The van der Waals surface area contributed by atoms with Crippen LogP contribution < -0.4 is 9.46 Å². The number of sulfonamides is 1. The molecule has 1 heterocycles. The largest absolute Gasteiger partial charge is 0.495 e. The van der Waals surface area contributed by atoms with Gasteiger partial charge in [-0.1, -0.05) is 51.0 Å². The summed E-state index contributed by atoms with van der Waals surface area (Å²) in [6, 6.07) is 13.7. The molecule has 0 amide bonds. The lowest BCUT2D eigenvalue weighted by Crippen LogP contribution is -2.14. The van der Waals surface area contributed by atoms with Crippen LogP contribution in [0.1, 0.15) is 46.1 Å². The van der Waals surface area contributed by atoms with Crippen molar-refractivity contribution in [2.24, 2.45) is 5.92 Å². The second-order valence-corrected chi connectivity index (χ2v) is 10.3. The third-order valence-electron chi connectivity index (χ3n) is 5.30. The molecule has 0 radical (unpaired) electrons. The molecule has 0 aliphatic carbocycles. The molecule has 0 aliphatic rings. The lowest BCUT2D eigenvalue weighted by molar-refractivity contribution is 0.417. The first kappa shape index (κ1) is 24.0. The Morgan fingerprint density at radius 3 is 2.59 bits per heavy atom. The lowest BCUT2D eigenvalue weighted by Gasteiger charge is -2.17. The number of nitrogens with zero attached hydrogens (tertiary/aromatic N) is 2. The Hall–Kier alpha value is -2.65. The lowest BCUT2D eigenvalue weighted by atomic mass is 10.0. The molecule has 0 aliphatic heterocycles. The molecule has 172 valence electrons. The molecule has 0 bridgehead atoms. The van der Waals surface area contributed by atoms with Crippen molar-refractivity contribution in [1.82, 2.24) is 14.8 Å². The summed E-state index contributed by atoms with van der Waals surface area (Å²) in [5.41, 5.74) is 1.05. The minimum Gasteiger partial charge on any atom is -0.495 e. The number of rotatable bonds is 10. The summed E-state index contributed by atoms with van der Waals surface area (Å²) in [5, 5.41) is 7.26. The summed E-state index contributed by atoms with van der Waals surface area (Å²) >= 11 is 5.47. The second kappa shape index (κ2) is 10.3. The van der Waals surface area contributed by atoms with E-state index in [9.17, 15) is 8.42 Å². The van der Waals surface area contributed by atoms with E-state index in [0.29, 0.717) is 33.5 Å². The van der Waals surface area contributed by atoms with Crippen LogP contribution in [0.25, 0.3) is 11.4 Å². The summed E-state index contributed by atoms with van der Waals surface area (Å²) in [4.78, 5) is 0.133. The predicted octanol–water partition coefficient (Wildman–Crippen LogP) is 5.80. The quantitative estimate of drug-likeness (QED) is 0.362. The minimum atomic E-state index is -3.83. The van der Waals surface area contributed by atoms with Crippen LogP contribution in [0.2, 0.25) is 0 Å². The fraction of sp³-hybridized carbons (Fsp3) is 0.391. The van der Waals surface area contributed by atoms with Gasteiger partial charge < -0.3 is 4.74 Å². The molecule has 3 aromatic rings. The number of aromatic nitrogens is 3. The molecule has 0 fully saturated rings. The van der Waals surface area contributed by atoms with Crippen molar-refractivity contribution in [2.45, 2.75) is 51.0 Å². The van der Waals surface area contributed by atoms with E-state index in [1.807, 2.05) is 10.6 Å². The molecule has 0 saturated heterocycles. The van der Waals surface area contributed by atoms with Crippen molar-refractivity contribution in [3.63, 3.8) is 0 Å². The average Bonchev–Trinajstić information content (AvgIpc) is 3.15. The number of nitrogens with one attached hydrogen (secondary N) is 2. The van der Waals surface area contributed by atoms with Gasteiger partial charge in [0.1, 0.15) is 5.75 Å². The first-order chi connectivity index (χ1) is 15.2. The van der Waals surface area contributed by atoms with E-state index in [2.05, 4.69) is 35.7 Å². The summed E-state index contributed by atoms with van der Waals surface area (Å²) in [5.74, 6) is 1.72. The number of hydrogen-bond donors (Lipinski definition) is 2. The smallest absolute Gasteiger partial charge is 0.262 e. The van der Waals surface area contributed by atoms with E-state index in [4.69, 9.17) is 17.0 Å². The van der Waals surface area contributed by atoms with Gasteiger partial charge in [-0.3, -0.25) is 14.4 Å². The number of benzene rings is 2. The van der Waals surface area contributed by atoms with E-state index in [1.165, 1.54) is 7.11 Å². The Morgan fingerprint density at radius 2 is 1.88 bits per heavy atom. The maximum Gasteiger partial charge on any atom is 0.262 e. The molecule has 32 heavy (non-hydrogen) atoms. The predicted molar refractivity (Wildman–Crippen MR) is 130 cm³/mol. The molecule has 3 rings (SSSR count). The van der Waals surface area contributed by atoms with Crippen LogP contribution in [-0.2, 0) is 10.0 Å². The average molecular weight is 475 g/mol. The summed E-state index contributed by atoms with van der Waals surface area (Å²) in [7, 11) is -2.33. The number of anilines is 1. The number of hydrogen-bond acceptors (Lipinski definition) is 5. The van der Waals surface area contributed by atoms with Gasteiger partial charge in [0.2, 0.25) is 0 Å². The van der Waals surface area contributed by atoms with E-state index >= 15 is 0 Å². The third kappa shape index (κ3) is 5.58. The molecule has 7 nitrogen and oxygen atoms in total. The highest BCUT2D eigenvalue weighted by molar-refractivity contribution is 7.92. The third-order valence-corrected chi connectivity index (χ3v) is 6.95. The molecule has 0 saturated carbocycles. The van der Waals surface area contributed by atoms with Crippen LogP contribution in [0.5, 0.6) is 5.75 Å². The number of ether oxygens (including phenoxy) is 1. The first-order valence-corrected chi connectivity index (χ1v) is 12.5. The van der Waals surface area contributed by atoms with Crippen molar-refractivity contribution in [3.05, 3.63) is 53.3 Å². The monoisotopic (exact) mass is 474 g/mol. The van der Waals surface area contributed by atoms with Gasteiger partial charge in [0.25, 0.3) is 10.0 Å². The second-order valence-electron chi connectivity index (χ2n) is 8.23. The van der Waals surface area contributed by atoms with Crippen LogP contribution in [0.3, 0.4) is 0 Å². The zero-order valence-electron chi connectivity index (χ0n) is 18.8. The maximum atomic E-state index is 13.1. The number of H-pyrrole nitrogens is 1. The molecule has 2 N–H and O–H groups in total. The SMILES string of the molecule is COc1ccccc1NS(=O)(=O)c1cccc(-c2n[nH]c(=S)n2[C@H](C)CCCC(C)C)c1. The molecule has 1 atom stereocenters. The Kier molecular flexibility index (Phi) is 7.73. The Labute approximate surface area is 194 Å². The highest BCUT2D eigenvalue weighted by Gasteiger charge is 2.20. The minimum absolute atomic E-state index is 0.133. The Morgan fingerprint density at radius 1 is 1.12 bits per heavy atom. The molecule has 0 spiro atoms. The van der Waals surface area contributed by atoms with Crippen LogP contribution >= 0.6 is 12.2 Å². The molecule has 0 unspecified atom stereocenters. The molecule has 1 aromatic heterocycles. The maximum absolute atomic E-state index is 13.1. The van der Waals surface area contributed by atoms with Gasteiger partial charge >= 0.3 is 0 Å². The normalized spacial score (nSPS) is 12.7. The number of aromatic amines is 1. The first-order valence-electron chi connectivity index (χ1n) is 10.7. The van der Waals surface area contributed by atoms with E-state index in [0.717, 1.165) is 19.3 Å². The number of para-hydroxylation sites is 2. The zero-order chi connectivity index (χ0) is 23.3. The Balaban J connectivity index is 1.90. The fourth-order valence-electron chi connectivity index (χ4n) is 3.60. The van der Waals surface area contributed by atoms with E-state index < -0.39 is 10.0 Å². The van der Waals surface area contributed by atoms with E-state index in [-0.39, 0.29) is 10.9 Å². The van der Waals surface area contributed by atoms with E-state index in [1.54, 1.807) is 42.5 Å². The summed E-state index contributed by atoms with van der Waals surface area (Å²) < 4.78 is 36.5. The molecule has 2 aromatic carbocycles. The van der Waals surface area contributed by atoms with Gasteiger partial charge in [-0.15, -0.1) is 0 Å². The van der Waals surface area contributed by atoms with Gasteiger partial charge in [-0.2, -0.15) is 5.10 Å². The Bertz CT molecular complexity index is 1220. The van der Waals surface area contributed by atoms with Crippen LogP contribution in [0.4, 0.5) is 5.69 Å². The van der Waals surface area contributed by atoms with Crippen molar-refractivity contribution >= 4 is 27.9 Å². The van der Waals surface area contributed by atoms with Gasteiger partial charge in [-0.05, 0) is 55.7 Å². The van der Waals surface area contributed by atoms with Crippen LogP contribution in [0.15, 0.2) is 53.4 Å². The summed E-state index contributed by atoms with van der Waals surface area (Å²) in [6.45, 7) is 6.54. The number of methoxy groups -OCH3 is 1. The van der Waals surface area contributed by atoms with Gasteiger partial charge in [-0.25, -0.2) is 8.42 Å². The van der Waals surface area contributed by atoms with Crippen molar-refractivity contribution in [1.29, 1.82) is 0 Å². The highest BCUT2D eigenvalue weighted by atomic mass is 32.2. The van der Waals surface area contributed by atoms with Gasteiger partial charge in [0.15, 0.2) is 10.6 Å². The van der Waals surface area contributed by atoms with Crippen molar-refractivity contribution in [3.8, 4) is 17.1 Å². The zero-order valence-corrected chi connectivity index (χ0v) is 20.5. The fourth-order valence-corrected chi connectivity index (χ4v) is 5.03. The summed E-state index contributed by atoms with van der Waals surface area (Å²) in [6.07, 6.45) is 3.20. The highest BCUT2D eigenvalue weighted by Crippen LogP contribution is 2.29. The molecular formula is C23H30N4O3S2. The van der Waals surface area contributed by atoms with Crippen molar-refractivity contribution in [2.75, 3.05) is 11.8 Å².